The second-order valence-electron chi connectivity index (χ2n) is 4.18. The average molecular weight is 291 g/mol. The van der Waals surface area contributed by atoms with E-state index in [4.69, 9.17) is 11.0 Å². The molecule has 7 heteroatoms. The summed E-state index contributed by atoms with van der Waals surface area (Å²) in [6, 6.07) is 6.37. The second-order valence-corrected chi connectivity index (χ2v) is 5.13. The van der Waals surface area contributed by atoms with Crippen LogP contribution < -0.4 is 5.73 Å². The third kappa shape index (κ3) is 3.15. The molecule has 0 aliphatic rings. The van der Waals surface area contributed by atoms with Crippen molar-refractivity contribution in [3.63, 3.8) is 0 Å². The standard InChI is InChI=1S/C13H14FN5S/c1-9-17-18-13(19(9)5-4-15)20-8-10-2-3-12(14)11(6-10)7-16/h2-3,6H,4-5,8,15H2,1H3. The number of halogens is 1. The maximum absolute atomic E-state index is 13.2. The van der Waals surface area contributed by atoms with E-state index in [1.165, 1.54) is 17.8 Å². The quantitative estimate of drug-likeness (QED) is 0.850. The smallest absolute Gasteiger partial charge is 0.191 e. The van der Waals surface area contributed by atoms with E-state index in [0.717, 1.165) is 16.5 Å². The van der Waals surface area contributed by atoms with E-state index in [-0.39, 0.29) is 5.56 Å². The van der Waals surface area contributed by atoms with Crippen LogP contribution in [0.15, 0.2) is 23.4 Å². The van der Waals surface area contributed by atoms with Gasteiger partial charge in [-0.2, -0.15) is 5.26 Å². The first-order chi connectivity index (χ1) is 9.65. The number of aromatic nitrogens is 3. The molecule has 0 radical (unpaired) electrons. The lowest BCUT2D eigenvalue weighted by Crippen LogP contribution is -2.12. The predicted molar refractivity (Wildman–Crippen MR) is 74.5 cm³/mol. The molecule has 2 N–H and O–H groups in total. The largest absolute Gasteiger partial charge is 0.329 e. The van der Waals surface area contributed by atoms with Gasteiger partial charge in [-0.1, -0.05) is 17.8 Å². The lowest BCUT2D eigenvalue weighted by Gasteiger charge is -2.06. The zero-order chi connectivity index (χ0) is 14.5. The fourth-order valence-electron chi connectivity index (χ4n) is 1.75. The summed E-state index contributed by atoms with van der Waals surface area (Å²) in [4.78, 5) is 0. The lowest BCUT2D eigenvalue weighted by atomic mass is 10.1. The van der Waals surface area contributed by atoms with E-state index in [1.807, 2.05) is 17.6 Å². The Bertz CT molecular complexity index is 647. The van der Waals surface area contributed by atoms with Crippen LogP contribution in [0.4, 0.5) is 4.39 Å². The number of aryl methyl sites for hydroxylation is 1. The average Bonchev–Trinajstić information content (AvgIpc) is 2.80. The molecule has 0 atom stereocenters. The summed E-state index contributed by atoms with van der Waals surface area (Å²) in [5, 5.41) is 17.7. The molecule has 2 aromatic rings. The Morgan fingerprint density at radius 2 is 2.25 bits per heavy atom. The summed E-state index contributed by atoms with van der Waals surface area (Å²) in [5.41, 5.74) is 6.48. The van der Waals surface area contributed by atoms with Crippen molar-refractivity contribution in [3.05, 3.63) is 41.0 Å². The van der Waals surface area contributed by atoms with Crippen molar-refractivity contribution in [3.8, 4) is 6.07 Å². The Hall–Kier alpha value is -1.91. The highest BCUT2D eigenvalue weighted by atomic mass is 32.2. The normalized spacial score (nSPS) is 10.5. The number of hydrogen-bond donors (Lipinski definition) is 1. The first-order valence-corrected chi connectivity index (χ1v) is 7.05. The van der Waals surface area contributed by atoms with Crippen LogP contribution in [0.25, 0.3) is 0 Å². The van der Waals surface area contributed by atoms with E-state index >= 15 is 0 Å². The first-order valence-electron chi connectivity index (χ1n) is 6.07. The summed E-state index contributed by atoms with van der Waals surface area (Å²) < 4.78 is 15.2. The van der Waals surface area contributed by atoms with Crippen molar-refractivity contribution in [1.82, 2.24) is 14.8 Å². The molecule has 104 valence electrons. The molecule has 0 bridgehead atoms. The van der Waals surface area contributed by atoms with Crippen LogP contribution in [-0.4, -0.2) is 21.3 Å². The van der Waals surface area contributed by atoms with Gasteiger partial charge in [0.05, 0.1) is 5.56 Å². The molecule has 5 nitrogen and oxygen atoms in total. The van der Waals surface area contributed by atoms with Gasteiger partial charge in [0.1, 0.15) is 17.7 Å². The number of nitriles is 1. The summed E-state index contributed by atoms with van der Waals surface area (Å²) in [5.74, 6) is 0.913. The Kier molecular flexibility index (Phi) is 4.71. The third-order valence-electron chi connectivity index (χ3n) is 2.77. The zero-order valence-electron chi connectivity index (χ0n) is 11.0. The molecule has 0 aliphatic carbocycles. The fourth-order valence-corrected chi connectivity index (χ4v) is 2.70. The van der Waals surface area contributed by atoms with Crippen molar-refractivity contribution in [1.29, 1.82) is 5.26 Å². The Labute approximate surface area is 120 Å². The van der Waals surface area contributed by atoms with Crippen LogP contribution in [0.2, 0.25) is 0 Å². The van der Waals surface area contributed by atoms with Crippen LogP contribution >= 0.6 is 11.8 Å². The van der Waals surface area contributed by atoms with Crippen LogP contribution in [0.1, 0.15) is 17.0 Å². The van der Waals surface area contributed by atoms with Gasteiger partial charge in [-0.3, -0.25) is 0 Å². The van der Waals surface area contributed by atoms with Crippen molar-refractivity contribution in [2.75, 3.05) is 6.54 Å². The van der Waals surface area contributed by atoms with Gasteiger partial charge < -0.3 is 10.3 Å². The highest BCUT2D eigenvalue weighted by molar-refractivity contribution is 7.98. The Morgan fingerprint density at radius 3 is 2.95 bits per heavy atom. The van der Waals surface area contributed by atoms with Crippen molar-refractivity contribution < 1.29 is 4.39 Å². The maximum Gasteiger partial charge on any atom is 0.191 e. The molecule has 0 unspecified atom stereocenters. The molecule has 0 fully saturated rings. The number of rotatable bonds is 5. The SMILES string of the molecule is Cc1nnc(SCc2ccc(F)c(C#N)c2)n1CCN. The fraction of sp³-hybridized carbons (Fsp3) is 0.308. The molecule has 20 heavy (non-hydrogen) atoms. The number of hydrogen-bond acceptors (Lipinski definition) is 5. The number of nitrogens with zero attached hydrogens (tertiary/aromatic N) is 4. The third-order valence-corrected chi connectivity index (χ3v) is 3.81. The molecule has 0 saturated carbocycles. The minimum atomic E-state index is -0.497. The maximum atomic E-state index is 13.2. The van der Waals surface area contributed by atoms with Gasteiger partial charge in [0.2, 0.25) is 0 Å². The van der Waals surface area contributed by atoms with Crippen molar-refractivity contribution in [2.45, 2.75) is 24.4 Å². The number of thioether (sulfide) groups is 1. The molecule has 0 aliphatic heterocycles. The Balaban J connectivity index is 2.11. The second kappa shape index (κ2) is 6.50. The van der Waals surface area contributed by atoms with Gasteiger partial charge in [-0.05, 0) is 24.6 Å². The van der Waals surface area contributed by atoms with Gasteiger partial charge in [0.15, 0.2) is 5.16 Å². The van der Waals surface area contributed by atoms with Gasteiger partial charge in [-0.15, -0.1) is 10.2 Å². The molecule has 0 saturated heterocycles. The highest BCUT2D eigenvalue weighted by Crippen LogP contribution is 2.22. The Morgan fingerprint density at radius 1 is 1.45 bits per heavy atom. The minimum absolute atomic E-state index is 0.0581. The highest BCUT2D eigenvalue weighted by Gasteiger charge is 2.10. The lowest BCUT2D eigenvalue weighted by molar-refractivity contribution is 0.623. The molecule has 2 rings (SSSR count). The summed E-state index contributed by atoms with van der Waals surface area (Å²) in [6.07, 6.45) is 0. The van der Waals surface area contributed by atoms with Gasteiger partial charge in [0, 0.05) is 18.8 Å². The summed E-state index contributed by atoms with van der Waals surface area (Å²) in [7, 11) is 0. The number of nitrogens with two attached hydrogens (primary N) is 1. The topological polar surface area (TPSA) is 80.5 Å². The van der Waals surface area contributed by atoms with Gasteiger partial charge in [-0.25, -0.2) is 4.39 Å². The first kappa shape index (κ1) is 14.5. The van der Waals surface area contributed by atoms with Crippen molar-refractivity contribution >= 4 is 11.8 Å². The monoisotopic (exact) mass is 291 g/mol. The molecule has 0 spiro atoms. The summed E-state index contributed by atoms with van der Waals surface area (Å²) >= 11 is 1.49. The minimum Gasteiger partial charge on any atom is -0.329 e. The van der Waals surface area contributed by atoms with Crippen LogP contribution in [0, 0.1) is 24.1 Å². The zero-order valence-corrected chi connectivity index (χ0v) is 11.8. The molecular weight excluding hydrogens is 277 g/mol. The van der Waals surface area contributed by atoms with E-state index < -0.39 is 5.82 Å². The molecule has 1 aromatic carbocycles. The molecule has 1 heterocycles. The van der Waals surface area contributed by atoms with Crippen LogP contribution in [0.5, 0.6) is 0 Å². The molecule has 0 amide bonds. The van der Waals surface area contributed by atoms with E-state index in [9.17, 15) is 4.39 Å². The molecule has 1 aromatic heterocycles. The number of benzene rings is 1. The summed E-state index contributed by atoms with van der Waals surface area (Å²) in [6.45, 7) is 3.05. The van der Waals surface area contributed by atoms with Crippen LogP contribution in [-0.2, 0) is 12.3 Å². The van der Waals surface area contributed by atoms with Gasteiger partial charge in [0.25, 0.3) is 0 Å². The predicted octanol–water partition coefficient (Wildman–Crippen LogP) is 1.85. The van der Waals surface area contributed by atoms with E-state index in [2.05, 4.69) is 10.2 Å². The van der Waals surface area contributed by atoms with E-state index in [1.54, 1.807) is 12.1 Å². The van der Waals surface area contributed by atoms with Gasteiger partial charge >= 0.3 is 0 Å². The van der Waals surface area contributed by atoms with Crippen molar-refractivity contribution in [2.24, 2.45) is 5.73 Å². The van der Waals surface area contributed by atoms with Crippen LogP contribution in [0.3, 0.4) is 0 Å². The van der Waals surface area contributed by atoms with E-state index in [0.29, 0.717) is 18.8 Å². The molecular formula is C13H14FN5S.